The fourth-order valence-electron chi connectivity index (χ4n) is 1.80. The summed E-state index contributed by atoms with van der Waals surface area (Å²) in [4.78, 5) is 5.53. The highest BCUT2D eigenvalue weighted by molar-refractivity contribution is 7.13. The maximum absolute atomic E-state index is 9.28. The molecule has 2 rings (SSSR count). The smallest absolute Gasteiger partial charge is 0.150 e. The molecule has 0 aliphatic carbocycles. The fraction of sp³-hybridized carbons (Fsp3) is 0.417. The molecule has 0 saturated carbocycles. The second-order valence-electron chi connectivity index (χ2n) is 3.82. The first-order chi connectivity index (χ1) is 8.35. The van der Waals surface area contributed by atoms with Gasteiger partial charge in [0.1, 0.15) is 5.82 Å². The number of nitrogens with one attached hydrogen (secondary N) is 1. The van der Waals surface area contributed by atoms with Crippen molar-refractivity contribution in [1.82, 2.24) is 14.9 Å². The first kappa shape index (κ1) is 12.3. The van der Waals surface area contributed by atoms with Crippen molar-refractivity contribution in [3.63, 3.8) is 0 Å². The maximum Gasteiger partial charge on any atom is 0.150 e. The minimum Gasteiger partial charge on any atom is -0.395 e. The summed E-state index contributed by atoms with van der Waals surface area (Å²) in [6, 6.07) is 4.16. The van der Waals surface area contributed by atoms with Crippen molar-refractivity contribution in [3.05, 3.63) is 29.9 Å². The van der Waals surface area contributed by atoms with E-state index in [0.717, 1.165) is 23.8 Å². The molecular formula is C12H17N3OS. The standard InChI is InChI=1S/C12H17N3OS/c1-2-13-10(9-16)8-15-6-5-14-12(15)11-4-3-7-17-11/h3-7,10,13,16H,2,8-9H2,1H3. The summed E-state index contributed by atoms with van der Waals surface area (Å²) < 4.78 is 2.08. The number of nitrogens with zero attached hydrogens (tertiary/aromatic N) is 2. The van der Waals surface area contributed by atoms with Gasteiger partial charge in [0.2, 0.25) is 0 Å². The number of hydrogen-bond donors (Lipinski definition) is 2. The number of likely N-dealkylation sites (N-methyl/N-ethyl adjacent to an activating group) is 1. The fourth-order valence-corrected chi connectivity index (χ4v) is 2.54. The summed E-state index contributed by atoms with van der Waals surface area (Å²) in [5, 5.41) is 14.6. The van der Waals surface area contributed by atoms with Crippen molar-refractivity contribution in [1.29, 1.82) is 0 Å². The number of thiophene rings is 1. The van der Waals surface area contributed by atoms with Crippen LogP contribution in [0.4, 0.5) is 0 Å². The summed E-state index contributed by atoms with van der Waals surface area (Å²) in [7, 11) is 0. The monoisotopic (exact) mass is 251 g/mol. The third kappa shape index (κ3) is 2.94. The zero-order valence-corrected chi connectivity index (χ0v) is 10.7. The molecule has 0 aliphatic rings. The summed E-state index contributed by atoms with van der Waals surface area (Å²) in [6.07, 6.45) is 3.75. The molecule has 0 spiro atoms. The van der Waals surface area contributed by atoms with E-state index in [1.165, 1.54) is 0 Å². The van der Waals surface area contributed by atoms with E-state index in [1.54, 1.807) is 17.5 Å². The minimum absolute atomic E-state index is 0.0768. The van der Waals surface area contributed by atoms with E-state index >= 15 is 0 Å². The normalized spacial score (nSPS) is 12.8. The predicted molar refractivity (Wildman–Crippen MR) is 70.1 cm³/mol. The predicted octanol–water partition coefficient (Wildman–Crippen LogP) is 1.58. The van der Waals surface area contributed by atoms with Crippen LogP contribution in [0.2, 0.25) is 0 Å². The summed E-state index contributed by atoms with van der Waals surface area (Å²) in [5.74, 6) is 0.969. The highest BCUT2D eigenvalue weighted by Gasteiger charge is 2.11. The first-order valence-corrected chi connectivity index (χ1v) is 6.62. The van der Waals surface area contributed by atoms with E-state index in [9.17, 15) is 5.11 Å². The minimum atomic E-state index is 0.0768. The van der Waals surface area contributed by atoms with E-state index < -0.39 is 0 Å². The van der Waals surface area contributed by atoms with Crippen molar-refractivity contribution in [3.8, 4) is 10.7 Å². The van der Waals surface area contributed by atoms with Gasteiger partial charge >= 0.3 is 0 Å². The Morgan fingerprint density at radius 2 is 2.47 bits per heavy atom. The number of hydrogen-bond acceptors (Lipinski definition) is 4. The lowest BCUT2D eigenvalue weighted by Crippen LogP contribution is -2.36. The number of aliphatic hydroxyl groups is 1. The van der Waals surface area contributed by atoms with Gasteiger partial charge in [0, 0.05) is 25.0 Å². The average Bonchev–Trinajstić information content (AvgIpc) is 2.98. The molecule has 2 heterocycles. The van der Waals surface area contributed by atoms with Gasteiger partial charge in [0.05, 0.1) is 11.5 Å². The molecule has 2 aromatic rings. The Hall–Kier alpha value is -1.17. The van der Waals surface area contributed by atoms with Gasteiger partial charge in [0.25, 0.3) is 0 Å². The van der Waals surface area contributed by atoms with Crippen molar-refractivity contribution >= 4 is 11.3 Å². The average molecular weight is 251 g/mol. The molecule has 0 aromatic carbocycles. The number of rotatable bonds is 6. The van der Waals surface area contributed by atoms with E-state index in [2.05, 4.69) is 20.9 Å². The van der Waals surface area contributed by atoms with E-state index in [1.807, 2.05) is 24.6 Å². The van der Waals surface area contributed by atoms with Gasteiger partial charge in [-0.2, -0.15) is 0 Å². The Morgan fingerprint density at radius 1 is 1.59 bits per heavy atom. The summed E-state index contributed by atoms with van der Waals surface area (Å²) in [5.41, 5.74) is 0. The molecule has 2 N–H and O–H groups in total. The van der Waals surface area contributed by atoms with Crippen LogP contribution in [0.1, 0.15) is 6.92 Å². The van der Waals surface area contributed by atoms with Crippen molar-refractivity contribution in [2.45, 2.75) is 19.5 Å². The quantitative estimate of drug-likeness (QED) is 0.819. The molecule has 2 aromatic heterocycles. The summed E-state index contributed by atoms with van der Waals surface area (Å²) >= 11 is 1.68. The van der Waals surface area contributed by atoms with Crippen LogP contribution in [0.5, 0.6) is 0 Å². The van der Waals surface area contributed by atoms with Crippen LogP contribution in [-0.4, -0.2) is 33.9 Å². The van der Waals surface area contributed by atoms with Gasteiger partial charge in [-0.3, -0.25) is 0 Å². The Labute approximate surface area is 105 Å². The lowest BCUT2D eigenvalue weighted by molar-refractivity contribution is 0.231. The molecule has 17 heavy (non-hydrogen) atoms. The van der Waals surface area contributed by atoms with Gasteiger partial charge in [-0.05, 0) is 18.0 Å². The van der Waals surface area contributed by atoms with Crippen molar-refractivity contribution in [2.75, 3.05) is 13.2 Å². The third-order valence-corrected chi connectivity index (χ3v) is 3.45. The van der Waals surface area contributed by atoms with Gasteiger partial charge in [0.15, 0.2) is 0 Å². The Bertz CT molecular complexity index is 438. The first-order valence-electron chi connectivity index (χ1n) is 5.74. The Balaban J connectivity index is 2.14. The Morgan fingerprint density at radius 3 is 3.12 bits per heavy atom. The zero-order chi connectivity index (χ0) is 12.1. The van der Waals surface area contributed by atoms with Crippen LogP contribution >= 0.6 is 11.3 Å². The molecule has 0 saturated heterocycles. The molecule has 0 bridgehead atoms. The SMILES string of the molecule is CCNC(CO)Cn1ccnc1-c1cccs1. The van der Waals surface area contributed by atoms with E-state index in [-0.39, 0.29) is 12.6 Å². The lowest BCUT2D eigenvalue weighted by Gasteiger charge is -2.16. The van der Waals surface area contributed by atoms with Gasteiger partial charge in [-0.15, -0.1) is 11.3 Å². The molecule has 0 aliphatic heterocycles. The molecule has 0 fully saturated rings. The van der Waals surface area contributed by atoms with Gasteiger partial charge in [-0.25, -0.2) is 4.98 Å². The molecule has 5 heteroatoms. The van der Waals surface area contributed by atoms with Crippen LogP contribution in [0.3, 0.4) is 0 Å². The second-order valence-corrected chi connectivity index (χ2v) is 4.77. The molecule has 0 amide bonds. The van der Waals surface area contributed by atoms with Gasteiger partial charge < -0.3 is 15.0 Å². The summed E-state index contributed by atoms with van der Waals surface area (Å²) in [6.45, 7) is 3.76. The third-order valence-electron chi connectivity index (χ3n) is 2.59. The molecule has 1 atom stereocenters. The van der Waals surface area contributed by atoms with Crippen LogP contribution in [0, 0.1) is 0 Å². The van der Waals surface area contributed by atoms with Crippen LogP contribution in [-0.2, 0) is 6.54 Å². The number of aliphatic hydroxyl groups excluding tert-OH is 1. The van der Waals surface area contributed by atoms with Crippen molar-refractivity contribution in [2.24, 2.45) is 0 Å². The van der Waals surface area contributed by atoms with E-state index in [0.29, 0.717) is 0 Å². The topological polar surface area (TPSA) is 50.1 Å². The molecule has 0 radical (unpaired) electrons. The molecule has 1 unspecified atom stereocenters. The molecule has 4 nitrogen and oxygen atoms in total. The van der Waals surface area contributed by atoms with Gasteiger partial charge in [-0.1, -0.05) is 13.0 Å². The van der Waals surface area contributed by atoms with Crippen molar-refractivity contribution < 1.29 is 5.11 Å². The van der Waals surface area contributed by atoms with E-state index in [4.69, 9.17) is 0 Å². The lowest BCUT2D eigenvalue weighted by atomic mass is 10.3. The van der Waals surface area contributed by atoms with Crippen LogP contribution < -0.4 is 5.32 Å². The number of imidazole rings is 1. The molecular weight excluding hydrogens is 234 g/mol. The largest absolute Gasteiger partial charge is 0.395 e. The number of aromatic nitrogens is 2. The molecule has 92 valence electrons. The second kappa shape index (κ2) is 5.95. The maximum atomic E-state index is 9.28. The Kier molecular flexibility index (Phi) is 4.30. The van der Waals surface area contributed by atoms with Crippen LogP contribution in [0.15, 0.2) is 29.9 Å². The highest BCUT2D eigenvalue weighted by Crippen LogP contribution is 2.22. The zero-order valence-electron chi connectivity index (χ0n) is 9.84. The van der Waals surface area contributed by atoms with Crippen LogP contribution in [0.25, 0.3) is 10.7 Å². The highest BCUT2D eigenvalue weighted by atomic mass is 32.1.